The summed E-state index contributed by atoms with van der Waals surface area (Å²) in [6.45, 7) is 4.19. The van der Waals surface area contributed by atoms with Gasteiger partial charge in [0, 0.05) is 12.1 Å². The van der Waals surface area contributed by atoms with E-state index in [1.54, 1.807) is 0 Å². The minimum absolute atomic E-state index is 0.155. The molecule has 0 saturated carbocycles. The molecule has 1 heterocycles. The summed E-state index contributed by atoms with van der Waals surface area (Å²) in [4.78, 5) is 0. The minimum Gasteiger partial charge on any atom is -0.393 e. The second kappa shape index (κ2) is 8.89. The third kappa shape index (κ3) is 6.17. The van der Waals surface area contributed by atoms with Crippen LogP contribution >= 0.6 is 0 Å². The van der Waals surface area contributed by atoms with Gasteiger partial charge in [0.25, 0.3) is 0 Å². The molecule has 1 saturated heterocycles. The van der Waals surface area contributed by atoms with Gasteiger partial charge in [0.15, 0.2) is 0 Å². The minimum atomic E-state index is -0.175. The van der Waals surface area contributed by atoms with Gasteiger partial charge in [-0.15, -0.1) is 0 Å². The molecule has 3 nitrogen and oxygen atoms in total. The van der Waals surface area contributed by atoms with E-state index in [0.29, 0.717) is 12.1 Å². The van der Waals surface area contributed by atoms with Crippen molar-refractivity contribution >= 4 is 0 Å². The summed E-state index contributed by atoms with van der Waals surface area (Å²) in [6.07, 6.45) is 8.99. The molecule has 0 amide bonds. The smallest absolute Gasteiger partial charge is 0.0555 e. The Morgan fingerprint density at radius 1 is 1.06 bits per heavy atom. The van der Waals surface area contributed by atoms with Crippen LogP contribution < -0.4 is 5.32 Å². The summed E-state index contributed by atoms with van der Waals surface area (Å²) >= 11 is 0. The van der Waals surface area contributed by atoms with Crippen molar-refractivity contribution in [3.63, 3.8) is 0 Å². The van der Waals surface area contributed by atoms with E-state index in [0.717, 1.165) is 38.5 Å². The quantitative estimate of drug-likeness (QED) is 0.626. The molecule has 0 radical (unpaired) electrons. The van der Waals surface area contributed by atoms with Crippen LogP contribution in [0, 0.1) is 0 Å². The maximum absolute atomic E-state index is 9.96. The van der Waals surface area contributed by atoms with Crippen molar-refractivity contribution in [3.8, 4) is 0 Å². The number of aliphatic hydroxyl groups is 2. The molecule has 18 heavy (non-hydrogen) atoms. The van der Waals surface area contributed by atoms with E-state index >= 15 is 0 Å². The van der Waals surface area contributed by atoms with E-state index in [1.165, 1.54) is 19.3 Å². The second-order valence-electron chi connectivity index (χ2n) is 5.82. The summed E-state index contributed by atoms with van der Waals surface area (Å²) in [6, 6.07) is 0.886. The highest BCUT2D eigenvalue weighted by molar-refractivity contribution is 4.83. The normalized spacial score (nSPS) is 28.0. The Kier molecular flexibility index (Phi) is 7.87. The zero-order valence-corrected chi connectivity index (χ0v) is 12.1. The van der Waals surface area contributed by atoms with Gasteiger partial charge in [-0.05, 0) is 38.5 Å². The lowest BCUT2D eigenvalue weighted by Gasteiger charge is -2.33. The summed E-state index contributed by atoms with van der Waals surface area (Å²) in [7, 11) is 0. The first-order chi connectivity index (χ1) is 8.65. The molecule has 1 rings (SSSR count). The van der Waals surface area contributed by atoms with Crippen LogP contribution in [0.5, 0.6) is 0 Å². The van der Waals surface area contributed by atoms with Crippen molar-refractivity contribution in [3.05, 3.63) is 0 Å². The molecule has 3 N–H and O–H groups in total. The Hall–Kier alpha value is -0.120. The highest BCUT2D eigenvalue weighted by Gasteiger charge is 2.24. The number of hydrogen-bond donors (Lipinski definition) is 3. The summed E-state index contributed by atoms with van der Waals surface area (Å²) in [5, 5.41) is 23.3. The van der Waals surface area contributed by atoms with Crippen molar-refractivity contribution in [1.29, 1.82) is 0 Å². The zero-order chi connectivity index (χ0) is 13.4. The molecule has 1 aliphatic rings. The molecule has 0 aromatic rings. The van der Waals surface area contributed by atoms with Gasteiger partial charge < -0.3 is 15.5 Å². The maximum atomic E-state index is 9.96. The lowest BCUT2D eigenvalue weighted by molar-refractivity contribution is 0.108. The number of rotatable bonds is 8. The van der Waals surface area contributed by atoms with Crippen molar-refractivity contribution in [2.45, 2.75) is 95.9 Å². The van der Waals surface area contributed by atoms with Crippen LogP contribution in [0.25, 0.3) is 0 Å². The van der Waals surface area contributed by atoms with Crippen LogP contribution in [0.15, 0.2) is 0 Å². The van der Waals surface area contributed by atoms with Gasteiger partial charge >= 0.3 is 0 Å². The third-order valence-electron chi connectivity index (χ3n) is 4.05. The lowest BCUT2D eigenvalue weighted by Crippen LogP contribution is -2.45. The fraction of sp³-hybridized carbons (Fsp3) is 1.00. The largest absolute Gasteiger partial charge is 0.393 e. The first-order valence-electron chi connectivity index (χ1n) is 7.77. The first-order valence-corrected chi connectivity index (χ1v) is 7.77. The fourth-order valence-electron chi connectivity index (χ4n) is 2.86. The molecule has 4 atom stereocenters. The van der Waals surface area contributed by atoms with E-state index in [9.17, 15) is 10.2 Å². The average molecular weight is 257 g/mol. The van der Waals surface area contributed by atoms with Gasteiger partial charge in [-0.3, -0.25) is 0 Å². The summed E-state index contributed by atoms with van der Waals surface area (Å²) in [5.74, 6) is 0. The van der Waals surface area contributed by atoms with Crippen molar-refractivity contribution in [1.82, 2.24) is 5.32 Å². The number of piperidine rings is 1. The van der Waals surface area contributed by atoms with Crippen LogP contribution in [0.3, 0.4) is 0 Å². The van der Waals surface area contributed by atoms with Gasteiger partial charge in [-0.25, -0.2) is 0 Å². The second-order valence-corrected chi connectivity index (χ2v) is 5.82. The third-order valence-corrected chi connectivity index (χ3v) is 4.05. The number of unbranched alkanes of at least 4 members (excludes halogenated alkanes) is 1. The van der Waals surface area contributed by atoms with Gasteiger partial charge in [0.2, 0.25) is 0 Å². The topological polar surface area (TPSA) is 52.5 Å². The van der Waals surface area contributed by atoms with Crippen LogP contribution in [0.2, 0.25) is 0 Å². The van der Waals surface area contributed by atoms with E-state index < -0.39 is 0 Å². The van der Waals surface area contributed by atoms with Gasteiger partial charge in [0.1, 0.15) is 0 Å². The van der Waals surface area contributed by atoms with Crippen LogP contribution in [0.1, 0.15) is 71.6 Å². The maximum Gasteiger partial charge on any atom is 0.0555 e. The zero-order valence-electron chi connectivity index (χ0n) is 12.1. The average Bonchev–Trinajstić information content (AvgIpc) is 2.36. The van der Waals surface area contributed by atoms with Gasteiger partial charge in [-0.2, -0.15) is 0 Å². The molecular weight excluding hydrogens is 226 g/mol. The molecule has 0 bridgehead atoms. The van der Waals surface area contributed by atoms with Gasteiger partial charge in [0.05, 0.1) is 12.2 Å². The van der Waals surface area contributed by atoms with E-state index in [4.69, 9.17) is 0 Å². The van der Waals surface area contributed by atoms with Crippen molar-refractivity contribution in [2.24, 2.45) is 0 Å². The molecule has 0 aromatic heterocycles. The van der Waals surface area contributed by atoms with E-state index in [2.05, 4.69) is 12.2 Å². The molecule has 0 spiro atoms. The molecule has 3 heteroatoms. The Labute approximate surface area is 112 Å². The standard InChI is InChI=1S/C15H31NO2/c1-3-5-9-15(18)11-13-8-6-7-12(16-13)10-14(17)4-2/h12-18H,3-11H2,1-2H3/t12-,13-,14+,15-/m0/s1. The van der Waals surface area contributed by atoms with Crippen molar-refractivity contribution < 1.29 is 10.2 Å². The molecule has 0 aromatic carbocycles. The monoisotopic (exact) mass is 257 g/mol. The van der Waals surface area contributed by atoms with Gasteiger partial charge in [-0.1, -0.05) is 33.1 Å². The number of nitrogens with one attached hydrogen (secondary N) is 1. The molecule has 0 aliphatic carbocycles. The number of aliphatic hydroxyl groups excluding tert-OH is 2. The van der Waals surface area contributed by atoms with Crippen LogP contribution in [-0.2, 0) is 0 Å². The lowest BCUT2D eigenvalue weighted by atomic mass is 9.91. The predicted octanol–water partition coefficient (Wildman–Crippen LogP) is 2.60. The Morgan fingerprint density at radius 2 is 1.67 bits per heavy atom. The Bertz CT molecular complexity index is 211. The molecule has 1 fully saturated rings. The van der Waals surface area contributed by atoms with Crippen LogP contribution in [-0.4, -0.2) is 34.5 Å². The summed E-state index contributed by atoms with van der Waals surface area (Å²) < 4.78 is 0. The number of hydrogen-bond acceptors (Lipinski definition) is 3. The first kappa shape index (κ1) is 15.9. The highest BCUT2D eigenvalue weighted by Crippen LogP contribution is 2.21. The molecular formula is C15H31NO2. The van der Waals surface area contributed by atoms with Crippen LogP contribution in [0.4, 0.5) is 0 Å². The molecule has 108 valence electrons. The molecule has 0 unspecified atom stereocenters. The SMILES string of the molecule is CCCC[C@H](O)C[C@@H]1CCC[C@@H](C[C@H](O)CC)N1. The Balaban J connectivity index is 2.25. The highest BCUT2D eigenvalue weighted by atomic mass is 16.3. The molecule has 1 aliphatic heterocycles. The van der Waals surface area contributed by atoms with Crippen molar-refractivity contribution in [2.75, 3.05) is 0 Å². The summed E-state index contributed by atoms with van der Waals surface area (Å²) in [5.41, 5.74) is 0. The predicted molar refractivity (Wildman–Crippen MR) is 75.6 cm³/mol. The van der Waals surface area contributed by atoms with E-state index in [-0.39, 0.29) is 12.2 Å². The van der Waals surface area contributed by atoms with E-state index in [1.807, 2.05) is 6.92 Å². The Morgan fingerprint density at radius 3 is 2.22 bits per heavy atom. The fourth-order valence-corrected chi connectivity index (χ4v) is 2.86.